The van der Waals surface area contributed by atoms with Crippen LogP contribution in [0.2, 0.25) is 10.0 Å². The monoisotopic (exact) mass is 395 g/mol. The molecule has 0 bridgehead atoms. The van der Waals surface area contributed by atoms with Crippen molar-refractivity contribution in [2.24, 2.45) is 0 Å². The third-order valence-electron chi connectivity index (χ3n) is 3.27. The van der Waals surface area contributed by atoms with Crippen molar-refractivity contribution in [1.29, 1.82) is 0 Å². The molecule has 0 saturated heterocycles. The second-order valence-corrected chi connectivity index (χ2v) is 6.08. The molecule has 0 saturated carbocycles. The highest BCUT2D eigenvalue weighted by Crippen LogP contribution is 2.25. The van der Waals surface area contributed by atoms with Gasteiger partial charge in [0.15, 0.2) is 0 Å². The first-order chi connectivity index (χ1) is 12.3. The molecule has 1 N–H and O–H groups in total. The molecule has 0 heterocycles. The molecule has 0 aliphatic carbocycles. The molecule has 2 aromatic rings. The van der Waals surface area contributed by atoms with Gasteiger partial charge in [-0.3, -0.25) is 9.59 Å². The summed E-state index contributed by atoms with van der Waals surface area (Å²) in [6, 6.07) is 9.19. The van der Waals surface area contributed by atoms with E-state index in [-0.39, 0.29) is 23.6 Å². The minimum atomic E-state index is -0.693. The van der Waals surface area contributed by atoms with Crippen LogP contribution in [0.3, 0.4) is 0 Å². The predicted molar refractivity (Wildman–Crippen MR) is 97.9 cm³/mol. The van der Waals surface area contributed by atoms with E-state index in [1.807, 2.05) is 0 Å². The number of hydrogen-bond donors (Lipinski definition) is 1. The van der Waals surface area contributed by atoms with Crippen LogP contribution in [0.25, 0.3) is 0 Å². The molecule has 0 aliphatic heterocycles. The van der Waals surface area contributed by atoms with Crippen LogP contribution in [0.4, 0.5) is 5.69 Å². The van der Waals surface area contributed by atoms with Gasteiger partial charge in [-0.1, -0.05) is 29.3 Å². The number of hydrogen-bond acceptors (Lipinski definition) is 5. The lowest BCUT2D eigenvalue weighted by atomic mass is 10.1. The van der Waals surface area contributed by atoms with Crippen molar-refractivity contribution in [3.8, 4) is 5.75 Å². The van der Waals surface area contributed by atoms with Crippen LogP contribution in [0, 0.1) is 0 Å². The summed E-state index contributed by atoms with van der Waals surface area (Å²) in [6.07, 6.45) is 0.0656. The third kappa shape index (κ3) is 5.21. The molecule has 1 amide bonds. The molecule has 0 aliphatic rings. The third-order valence-corrected chi connectivity index (χ3v) is 4.01. The fourth-order valence-electron chi connectivity index (χ4n) is 2.16. The molecule has 26 heavy (non-hydrogen) atoms. The van der Waals surface area contributed by atoms with E-state index in [1.165, 1.54) is 32.2 Å². The summed E-state index contributed by atoms with van der Waals surface area (Å²) in [6.45, 7) is 1.22. The van der Waals surface area contributed by atoms with E-state index in [4.69, 9.17) is 27.9 Å². The molecule has 6 nitrogen and oxygen atoms in total. The maximum atomic E-state index is 12.2. The van der Waals surface area contributed by atoms with Gasteiger partial charge in [0.05, 0.1) is 23.6 Å². The highest BCUT2D eigenvalue weighted by Gasteiger charge is 2.16. The van der Waals surface area contributed by atoms with Crippen LogP contribution in [0.15, 0.2) is 36.4 Å². The van der Waals surface area contributed by atoms with Gasteiger partial charge in [-0.2, -0.15) is 0 Å². The number of benzene rings is 2. The van der Waals surface area contributed by atoms with Gasteiger partial charge in [0.1, 0.15) is 11.3 Å². The molecule has 0 atom stereocenters. The van der Waals surface area contributed by atoms with Gasteiger partial charge in [-0.25, -0.2) is 4.79 Å². The fourth-order valence-corrected chi connectivity index (χ4v) is 2.48. The lowest BCUT2D eigenvalue weighted by Crippen LogP contribution is -2.15. The van der Waals surface area contributed by atoms with E-state index in [1.54, 1.807) is 18.2 Å². The van der Waals surface area contributed by atoms with E-state index >= 15 is 0 Å². The maximum absolute atomic E-state index is 12.2. The summed E-state index contributed by atoms with van der Waals surface area (Å²) >= 11 is 11.8. The number of amides is 1. The van der Waals surface area contributed by atoms with Crippen LogP contribution >= 0.6 is 23.2 Å². The topological polar surface area (TPSA) is 81.7 Å². The molecule has 0 radical (unpaired) electrons. The Bertz CT molecular complexity index is 867. The number of carbonyl (C=O) groups excluding carboxylic acids is 3. The first-order valence-electron chi connectivity index (χ1n) is 7.44. The maximum Gasteiger partial charge on any atom is 0.341 e. The molecule has 8 heteroatoms. The highest BCUT2D eigenvalue weighted by molar-refractivity contribution is 6.42. The summed E-state index contributed by atoms with van der Waals surface area (Å²) in [5.41, 5.74) is 1.06. The number of halogens is 2. The summed E-state index contributed by atoms with van der Waals surface area (Å²) < 4.78 is 9.64. The lowest BCUT2D eigenvalue weighted by Gasteiger charge is -2.11. The zero-order valence-electron chi connectivity index (χ0n) is 14.0. The van der Waals surface area contributed by atoms with Gasteiger partial charge in [0.25, 0.3) is 0 Å². The zero-order valence-corrected chi connectivity index (χ0v) is 15.5. The SMILES string of the molecule is COC(=O)c1cc(NC(=O)Cc2ccc(Cl)c(Cl)c2)ccc1OC(C)=O. The van der Waals surface area contributed by atoms with Gasteiger partial charge in [0, 0.05) is 12.6 Å². The first-order valence-corrected chi connectivity index (χ1v) is 8.20. The van der Waals surface area contributed by atoms with Crippen molar-refractivity contribution in [3.63, 3.8) is 0 Å². The van der Waals surface area contributed by atoms with E-state index < -0.39 is 11.9 Å². The molecule has 0 spiro atoms. The van der Waals surface area contributed by atoms with Gasteiger partial charge < -0.3 is 14.8 Å². The van der Waals surface area contributed by atoms with Crippen molar-refractivity contribution in [2.75, 3.05) is 12.4 Å². The number of anilines is 1. The Kier molecular flexibility index (Phi) is 6.60. The summed E-state index contributed by atoms with van der Waals surface area (Å²) in [5, 5.41) is 3.42. The average Bonchev–Trinajstić information content (AvgIpc) is 2.58. The van der Waals surface area contributed by atoms with E-state index in [0.29, 0.717) is 21.3 Å². The zero-order chi connectivity index (χ0) is 19.3. The quantitative estimate of drug-likeness (QED) is 0.613. The summed E-state index contributed by atoms with van der Waals surface area (Å²) in [5.74, 6) is -1.54. The van der Waals surface area contributed by atoms with E-state index in [0.717, 1.165) is 0 Å². The van der Waals surface area contributed by atoms with Crippen molar-refractivity contribution < 1.29 is 23.9 Å². The molecule has 136 valence electrons. The number of rotatable bonds is 5. The van der Waals surface area contributed by atoms with Gasteiger partial charge >= 0.3 is 11.9 Å². The molecule has 0 aromatic heterocycles. The summed E-state index contributed by atoms with van der Waals surface area (Å²) in [4.78, 5) is 35.2. The Hall–Kier alpha value is -2.57. The van der Waals surface area contributed by atoms with Crippen LogP contribution in [0.5, 0.6) is 5.75 Å². The van der Waals surface area contributed by atoms with Crippen molar-refractivity contribution in [3.05, 3.63) is 57.6 Å². The Morgan fingerprint density at radius 2 is 1.77 bits per heavy atom. The largest absolute Gasteiger partial charge is 0.465 e. The first kappa shape index (κ1) is 19.8. The van der Waals surface area contributed by atoms with Gasteiger partial charge in [0.2, 0.25) is 5.91 Å². The molecular weight excluding hydrogens is 381 g/mol. The molecule has 0 fully saturated rings. The molecular formula is C18H15Cl2NO5. The Balaban J connectivity index is 2.17. The number of esters is 2. The van der Waals surface area contributed by atoms with Crippen LogP contribution in [-0.2, 0) is 20.7 Å². The molecule has 2 aromatic carbocycles. The van der Waals surface area contributed by atoms with Gasteiger partial charge in [-0.05, 0) is 35.9 Å². The Labute approximate surface area is 160 Å². The number of carbonyl (C=O) groups is 3. The lowest BCUT2D eigenvalue weighted by molar-refractivity contribution is -0.131. The normalized spacial score (nSPS) is 10.2. The Morgan fingerprint density at radius 1 is 1.04 bits per heavy atom. The van der Waals surface area contributed by atoms with Crippen LogP contribution in [-0.4, -0.2) is 25.0 Å². The standard InChI is InChI=1S/C18H15Cl2NO5/c1-10(22)26-16-6-4-12(9-13(16)18(24)25-2)21-17(23)8-11-3-5-14(19)15(20)7-11/h3-7,9H,8H2,1-2H3,(H,21,23). The molecule has 0 unspecified atom stereocenters. The van der Waals surface area contributed by atoms with E-state index in [9.17, 15) is 14.4 Å². The fraction of sp³-hybridized carbons (Fsp3) is 0.167. The minimum absolute atomic E-state index is 0.0232. The summed E-state index contributed by atoms with van der Waals surface area (Å²) in [7, 11) is 1.20. The minimum Gasteiger partial charge on any atom is -0.465 e. The predicted octanol–water partition coefficient (Wildman–Crippen LogP) is 3.89. The average molecular weight is 396 g/mol. The number of ether oxygens (including phenoxy) is 2. The molecule has 2 rings (SSSR count). The van der Waals surface area contributed by atoms with Crippen molar-refractivity contribution >= 4 is 46.7 Å². The van der Waals surface area contributed by atoms with E-state index in [2.05, 4.69) is 10.1 Å². The number of methoxy groups -OCH3 is 1. The Morgan fingerprint density at radius 3 is 2.38 bits per heavy atom. The smallest absolute Gasteiger partial charge is 0.341 e. The second-order valence-electron chi connectivity index (χ2n) is 5.27. The number of nitrogens with one attached hydrogen (secondary N) is 1. The highest BCUT2D eigenvalue weighted by atomic mass is 35.5. The van der Waals surface area contributed by atoms with Crippen molar-refractivity contribution in [2.45, 2.75) is 13.3 Å². The van der Waals surface area contributed by atoms with Crippen LogP contribution in [0.1, 0.15) is 22.8 Å². The van der Waals surface area contributed by atoms with Crippen LogP contribution < -0.4 is 10.1 Å². The van der Waals surface area contributed by atoms with Gasteiger partial charge in [-0.15, -0.1) is 0 Å². The van der Waals surface area contributed by atoms with Crippen molar-refractivity contribution in [1.82, 2.24) is 0 Å². The second kappa shape index (κ2) is 8.69.